The molecule has 3 rings (SSSR count). The van der Waals surface area contributed by atoms with E-state index in [4.69, 9.17) is 13.9 Å². The highest BCUT2D eigenvalue weighted by atomic mass is 16.5. The van der Waals surface area contributed by atoms with Gasteiger partial charge in [0.2, 0.25) is 0 Å². The van der Waals surface area contributed by atoms with Gasteiger partial charge in [-0.25, -0.2) is 4.79 Å². The lowest BCUT2D eigenvalue weighted by atomic mass is 10.0. The van der Waals surface area contributed by atoms with Crippen molar-refractivity contribution in [2.45, 2.75) is 12.8 Å². The number of methoxy groups -OCH3 is 2. The zero-order valence-corrected chi connectivity index (χ0v) is 13.4. The van der Waals surface area contributed by atoms with E-state index in [9.17, 15) is 9.59 Å². The fraction of sp³-hybridized carbons (Fsp3) is 0.222. The number of nitrogens with one attached hydrogen (secondary N) is 1. The predicted octanol–water partition coefficient (Wildman–Crippen LogP) is 2.49. The molecule has 0 atom stereocenters. The summed E-state index contributed by atoms with van der Waals surface area (Å²) in [5.41, 5.74) is 2.63. The van der Waals surface area contributed by atoms with Gasteiger partial charge in [-0.1, -0.05) is 6.07 Å². The maximum absolute atomic E-state index is 12.4. The third-order valence-corrected chi connectivity index (χ3v) is 3.76. The van der Waals surface area contributed by atoms with E-state index in [0.29, 0.717) is 22.6 Å². The summed E-state index contributed by atoms with van der Waals surface area (Å²) in [6.07, 6.45) is 0.473. The van der Waals surface area contributed by atoms with Crippen LogP contribution in [-0.4, -0.2) is 25.0 Å². The highest BCUT2D eigenvalue weighted by molar-refractivity contribution is 5.85. The topological polar surface area (TPSA) is 81.5 Å². The van der Waals surface area contributed by atoms with Gasteiger partial charge in [0.1, 0.15) is 17.3 Å². The number of ketones is 1. The lowest BCUT2D eigenvalue weighted by Crippen LogP contribution is -2.08. The molecule has 1 aromatic heterocycles. The van der Waals surface area contributed by atoms with Crippen molar-refractivity contribution >= 4 is 16.9 Å². The number of ether oxygens (including phenoxy) is 2. The number of aromatic nitrogens is 1. The molecule has 0 aliphatic carbocycles. The lowest BCUT2D eigenvalue weighted by molar-refractivity contribution is -0.117. The summed E-state index contributed by atoms with van der Waals surface area (Å²) in [5.74, 6) is 0.846. The zero-order valence-electron chi connectivity index (χ0n) is 13.4. The van der Waals surface area contributed by atoms with Gasteiger partial charge >= 0.3 is 5.76 Å². The van der Waals surface area contributed by atoms with Gasteiger partial charge in [-0.2, -0.15) is 0 Å². The van der Waals surface area contributed by atoms with E-state index >= 15 is 0 Å². The van der Waals surface area contributed by atoms with E-state index in [1.807, 2.05) is 0 Å². The van der Waals surface area contributed by atoms with Crippen molar-refractivity contribution < 1.29 is 18.7 Å². The third kappa shape index (κ3) is 3.32. The van der Waals surface area contributed by atoms with Crippen molar-refractivity contribution in [3.8, 4) is 11.5 Å². The molecule has 0 spiro atoms. The molecule has 0 amide bonds. The van der Waals surface area contributed by atoms with Gasteiger partial charge in [0.15, 0.2) is 5.58 Å². The Balaban J connectivity index is 1.78. The lowest BCUT2D eigenvalue weighted by Gasteiger charge is -2.10. The number of carbonyl (C=O) groups is 1. The first-order valence-electron chi connectivity index (χ1n) is 7.43. The number of H-pyrrole nitrogens is 1. The van der Waals surface area contributed by atoms with Crippen LogP contribution in [-0.2, 0) is 17.6 Å². The molecule has 0 saturated heterocycles. The number of benzene rings is 2. The summed E-state index contributed by atoms with van der Waals surface area (Å²) < 4.78 is 15.5. The van der Waals surface area contributed by atoms with E-state index < -0.39 is 5.76 Å². The van der Waals surface area contributed by atoms with Crippen molar-refractivity contribution in [2.24, 2.45) is 0 Å². The Morgan fingerprint density at radius 2 is 1.92 bits per heavy atom. The van der Waals surface area contributed by atoms with Crippen molar-refractivity contribution in [1.82, 2.24) is 4.98 Å². The van der Waals surface area contributed by atoms with Crippen LogP contribution >= 0.6 is 0 Å². The Morgan fingerprint density at radius 1 is 1.08 bits per heavy atom. The Labute approximate surface area is 138 Å². The second-order valence-electron chi connectivity index (χ2n) is 5.42. The van der Waals surface area contributed by atoms with E-state index in [1.165, 1.54) is 0 Å². The molecule has 124 valence electrons. The Bertz CT molecular complexity index is 938. The predicted molar refractivity (Wildman–Crippen MR) is 88.8 cm³/mol. The first-order chi connectivity index (χ1) is 11.6. The fourth-order valence-corrected chi connectivity index (χ4v) is 2.62. The van der Waals surface area contributed by atoms with Crippen LogP contribution in [0.1, 0.15) is 11.1 Å². The van der Waals surface area contributed by atoms with Crippen molar-refractivity contribution in [3.05, 3.63) is 58.1 Å². The van der Waals surface area contributed by atoms with Gasteiger partial charge in [0, 0.05) is 18.4 Å². The van der Waals surface area contributed by atoms with Crippen LogP contribution in [0, 0.1) is 0 Å². The minimum absolute atomic E-state index is 0.0267. The number of hydrogen-bond donors (Lipinski definition) is 1. The van der Waals surface area contributed by atoms with E-state index in [1.54, 1.807) is 50.6 Å². The van der Waals surface area contributed by atoms with Gasteiger partial charge in [0.25, 0.3) is 0 Å². The first kappa shape index (κ1) is 15.9. The van der Waals surface area contributed by atoms with Crippen LogP contribution in [0.25, 0.3) is 11.1 Å². The van der Waals surface area contributed by atoms with Crippen LogP contribution in [0.15, 0.2) is 45.6 Å². The maximum Gasteiger partial charge on any atom is 0.417 e. The van der Waals surface area contributed by atoms with Crippen LogP contribution in [0.5, 0.6) is 11.5 Å². The van der Waals surface area contributed by atoms with Crippen molar-refractivity contribution in [1.29, 1.82) is 0 Å². The standard InChI is InChI=1S/C18H17NO5/c1-22-14-4-6-16(23-2)12(10-14)9-13(20)7-11-3-5-15-17(8-11)24-18(21)19-15/h3-6,8,10H,7,9H2,1-2H3,(H,19,21). The highest BCUT2D eigenvalue weighted by Gasteiger charge is 2.12. The number of carbonyl (C=O) groups excluding carboxylic acids is 1. The third-order valence-electron chi connectivity index (χ3n) is 3.76. The number of rotatable bonds is 6. The molecule has 0 aliphatic heterocycles. The summed E-state index contributed by atoms with van der Waals surface area (Å²) in [6, 6.07) is 10.6. The molecule has 0 fully saturated rings. The molecule has 2 aromatic carbocycles. The second-order valence-corrected chi connectivity index (χ2v) is 5.42. The van der Waals surface area contributed by atoms with Gasteiger partial charge in [-0.3, -0.25) is 9.78 Å². The average molecular weight is 327 g/mol. The Hall–Kier alpha value is -3.02. The quantitative estimate of drug-likeness (QED) is 0.752. The van der Waals surface area contributed by atoms with Gasteiger partial charge < -0.3 is 13.9 Å². The van der Waals surface area contributed by atoms with Gasteiger partial charge in [-0.05, 0) is 35.9 Å². The number of Topliss-reactive ketones (excluding diaryl/α,β-unsaturated/α-hetero) is 1. The number of aromatic amines is 1. The van der Waals surface area contributed by atoms with Crippen molar-refractivity contribution in [2.75, 3.05) is 14.2 Å². The molecule has 1 N–H and O–H groups in total. The SMILES string of the molecule is COc1ccc(OC)c(CC(=O)Cc2ccc3[nH]c(=O)oc3c2)c1. The molecule has 6 heteroatoms. The molecular formula is C18H17NO5. The fourth-order valence-electron chi connectivity index (χ4n) is 2.62. The molecule has 3 aromatic rings. The first-order valence-corrected chi connectivity index (χ1v) is 7.43. The van der Waals surface area contributed by atoms with E-state index in [2.05, 4.69) is 4.98 Å². The van der Waals surface area contributed by atoms with Crippen molar-refractivity contribution in [3.63, 3.8) is 0 Å². The molecule has 1 heterocycles. The maximum atomic E-state index is 12.4. The summed E-state index contributed by atoms with van der Waals surface area (Å²) in [6.45, 7) is 0. The Kier molecular flexibility index (Phi) is 4.37. The number of hydrogen-bond acceptors (Lipinski definition) is 5. The minimum Gasteiger partial charge on any atom is -0.497 e. The molecular weight excluding hydrogens is 310 g/mol. The number of fused-ring (bicyclic) bond motifs is 1. The van der Waals surface area contributed by atoms with Gasteiger partial charge in [0.05, 0.1) is 19.7 Å². The van der Waals surface area contributed by atoms with E-state index in [0.717, 1.165) is 11.1 Å². The van der Waals surface area contributed by atoms with Crippen LogP contribution in [0.4, 0.5) is 0 Å². The van der Waals surface area contributed by atoms with Crippen LogP contribution < -0.4 is 15.2 Å². The van der Waals surface area contributed by atoms with Gasteiger partial charge in [-0.15, -0.1) is 0 Å². The summed E-state index contributed by atoms with van der Waals surface area (Å²) >= 11 is 0. The molecule has 0 unspecified atom stereocenters. The molecule has 0 radical (unpaired) electrons. The molecule has 0 bridgehead atoms. The minimum atomic E-state index is -0.505. The molecule has 24 heavy (non-hydrogen) atoms. The Morgan fingerprint density at radius 3 is 2.67 bits per heavy atom. The summed E-state index contributed by atoms with van der Waals surface area (Å²) in [7, 11) is 3.14. The van der Waals surface area contributed by atoms with Crippen LogP contribution in [0.3, 0.4) is 0 Å². The average Bonchev–Trinajstić information content (AvgIpc) is 2.94. The zero-order chi connectivity index (χ0) is 17.1. The highest BCUT2D eigenvalue weighted by Crippen LogP contribution is 2.25. The van der Waals surface area contributed by atoms with Crippen LogP contribution in [0.2, 0.25) is 0 Å². The molecule has 6 nitrogen and oxygen atoms in total. The monoisotopic (exact) mass is 327 g/mol. The molecule has 0 saturated carbocycles. The smallest absolute Gasteiger partial charge is 0.417 e. The number of oxazole rings is 1. The largest absolute Gasteiger partial charge is 0.497 e. The summed E-state index contributed by atoms with van der Waals surface area (Å²) in [4.78, 5) is 26.1. The summed E-state index contributed by atoms with van der Waals surface area (Å²) in [5, 5.41) is 0. The second kappa shape index (κ2) is 6.62. The normalized spacial score (nSPS) is 10.8. The van der Waals surface area contributed by atoms with E-state index in [-0.39, 0.29) is 18.6 Å². The molecule has 0 aliphatic rings.